The Hall–Kier alpha value is 0.260. The second-order valence-electron chi connectivity index (χ2n) is 5.46. The lowest BCUT2D eigenvalue weighted by atomic mass is 9.98. The smallest absolute Gasteiger partial charge is 0.254 e. The van der Waals surface area contributed by atoms with Crippen LogP contribution in [-0.2, 0) is 9.09 Å². The third kappa shape index (κ3) is 4.17. The van der Waals surface area contributed by atoms with E-state index in [-0.39, 0.29) is 16.1 Å². The number of rotatable bonds is 5. The van der Waals surface area contributed by atoms with E-state index in [2.05, 4.69) is 26.0 Å². The predicted octanol–water partition coefficient (Wildman–Crippen LogP) is 5.48. The van der Waals surface area contributed by atoms with Gasteiger partial charge in [-0.25, -0.2) is 0 Å². The van der Waals surface area contributed by atoms with Crippen LogP contribution in [0, 0.1) is 0 Å². The zero-order chi connectivity index (χ0) is 15.7. The van der Waals surface area contributed by atoms with Crippen molar-refractivity contribution >= 4 is 39.5 Å². The lowest BCUT2D eigenvalue weighted by Crippen LogP contribution is -2.33. The summed E-state index contributed by atoms with van der Waals surface area (Å²) >= 11 is 1.31. The van der Waals surface area contributed by atoms with E-state index < -0.39 is 6.57 Å². The summed E-state index contributed by atoms with van der Waals surface area (Å²) in [4.78, 5) is 0. The van der Waals surface area contributed by atoms with Crippen LogP contribution in [0.25, 0.3) is 0 Å². The third-order valence-electron chi connectivity index (χ3n) is 3.41. The van der Waals surface area contributed by atoms with E-state index in [0.29, 0.717) is 0 Å². The van der Waals surface area contributed by atoms with E-state index in [1.54, 1.807) is 35.4 Å². The molecule has 0 bridgehead atoms. The van der Waals surface area contributed by atoms with Crippen molar-refractivity contribution in [1.82, 2.24) is 0 Å². The van der Waals surface area contributed by atoms with Crippen molar-refractivity contribution in [3.8, 4) is 5.75 Å². The number of benzene rings is 1. The van der Waals surface area contributed by atoms with Crippen molar-refractivity contribution in [3.63, 3.8) is 0 Å². The molecule has 7 heteroatoms. The van der Waals surface area contributed by atoms with Crippen LogP contribution in [0.5, 0.6) is 5.75 Å². The molecule has 3 nitrogen and oxygen atoms in total. The Morgan fingerprint density at radius 3 is 2.43 bits per heavy atom. The average Bonchev–Trinajstić information content (AvgIpc) is 2.74. The number of methoxy groups -OCH3 is 1. The molecule has 3 atom stereocenters. The molecular formula is C14H21O3PS3. The fourth-order valence-corrected chi connectivity index (χ4v) is 7.13. The van der Waals surface area contributed by atoms with Gasteiger partial charge in [-0.2, -0.15) is 0 Å². The predicted molar refractivity (Wildman–Crippen MR) is 96.9 cm³/mol. The van der Waals surface area contributed by atoms with Gasteiger partial charge in [-0.15, -0.1) is 0 Å². The summed E-state index contributed by atoms with van der Waals surface area (Å²) in [6.07, 6.45) is 1.76. The molecule has 0 amide bonds. The molecule has 1 aromatic rings. The van der Waals surface area contributed by atoms with E-state index in [0.717, 1.165) is 5.75 Å². The molecule has 118 valence electrons. The Balaban J connectivity index is 2.26. The summed E-state index contributed by atoms with van der Waals surface area (Å²) in [5, 5.41) is 0.177. The minimum absolute atomic E-state index is 0.0728. The molecule has 0 saturated carbocycles. The summed E-state index contributed by atoms with van der Waals surface area (Å²) in [7, 11) is 5.26. The first-order valence-corrected chi connectivity index (χ1v) is 12.7. The van der Waals surface area contributed by atoms with Gasteiger partial charge in [-0.05, 0) is 37.8 Å². The minimum Gasteiger partial charge on any atom is -0.497 e. The van der Waals surface area contributed by atoms with Crippen molar-refractivity contribution in [2.24, 2.45) is 0 Å². The van der Waals surface area contributed by atoms with E-state index >= 15 is 0 Å². The molecular weight excluding hydrogens is 343 g/mol. The normalized spacial score (nSPS) is 27.3. The molecule has 0 aromatic heterocycles. The van der Waals surface area contributed by atoms with Gasteiger partial charge in [0, 0.05) is 11.4 Å². The largest absolute Gasteiger partial charge is 0.497 e. The highest BCUT2D eigenvalue weighted by Gasteiger charge is 2.47. The molecule has 1 aliphatic rings. The maximum absolute atomic E-state index is 12.4. The van der Waals surface area contributed by atoms with Crippen molar-refractivity contribution in [3.05, 3.63) is 29.8 Å². The van der Waals surface area contributed by atoms with Gasteiger partial charge in [0.05, 0.1) is 18.5 Å². The van der Waals surface area contributed by atoms with Crippen molar-refractivity contribution in [2.45, 2.75) is 29.9 Å². The molecule has 1 heterocycles. The molecule has 0 N–H and O–H groups in total. The van der Waals surface area contributed by atoms with Crippen molar-refractivity contribution < 1.29 is 13.8 Å². The summed E-state index contributed by atoms with van der Waals surface area (Å²) in [5.41, 5.74) is 1.19. The zero-order valence-electron chi connectivity index (χ0n) is 12.9. The van der Waals surface area contributed by atoms with Gasteiger partial charge in [-0.1, -0.05) is 45.1 Å². The first-order valence-electron chi connectivity index (χ1n) is 6.59. The van der Waals surface area contributed by atoms with Gasteiger partial charge in [-0.3, -0.25) is 4.57 Å². The van der Waals surface area contributed by atoms with Crippen LogP contribution >= 0.6 is 39.5 Å². The molecule has 1 fully saturated rings. The van der Waals surface area contributed by atoms with Gasteiger partial charge < -0.3 is 9.26 Å². The summed E-state index contributed by atoms with van der Waals surface area (Å²) < 4.78 is 23.6. The van der Waals surface area contributed by atoms with Crippen LogP contribution in [0.1, 0.15) is 24.7 Å². The van der Waals surface area contributed by atoms with Crippen LogP contribution in [-0.4, -0.2) is 30.9 Å². The third-order valence-corrected chi connectivity index (χ3v) is 10.6. The fourth-order valence-electron chi connectivity index (χ4n) is 2.09. The van der Waals surface area contributed by atoms with Gasteiger partial charge in [0.25, 0.3) is 6.57 Å². The monoisotopic (exact) mass is 364 g/mol. The quantitative estimate of drug-likeness (QED) is 0.508. The Morgan fingerprint density at radius 2 is 1.90 bits per heavy atom. The van der Waals surface area contributed by atoms with Gasteiger partial charge in [0.2, 0.25) is 0 Å². The van der Waals surface area contributed by atoms with Crippen LogP contribution in [0.4, 0.5) is 0 Å². The highest BCUT2D eigenvalue weighted by Crippen LogP contribution is 2.65. The van der Waals surface area contributed by atoms with Crippen LogP contribution in [0.2, 0.25) is 0 Å². The van der Waals surface area contributed by atoms with Crippen molar-refractivity contribution in [2.75, 3.05) is 20.0 Å². The lowest BCUT2D eigenvalue weighted by Gasteiger charge is -2.30. The Kier molecular flexibility index (Phi) is 5.70. The molecule has 2 rings (SSSR count). The number of hydrogen-bond donors (Lipinski definition) is 0. The average molecular weight is 364 g/mol. The Morgan fingerprint density at radius 1 is 1.29 bits per heavy atom. The van der Waals surface area contributed by atoms with E-state index in [9.17, 15) is 4.57 Å². The molecule has 0 aliphatic carbocycles. The topological polar surface area (TPSA) is 35.5 Å². The summed E-state index contributed by atoms with van der Waals surface area (Å²) in [6.45, 7) is 3.39. The molecule has 0 spiro atoms. The van der Waals surface area contributed by atoms with E-state index in [1.165, 1.54) is 16.9 Å². The highest BCUT2D eigenvalue weighted by atomic mass is 33.1. The van der Waals surface area contributed by atoms with E-state index in [4.69, 9.17) is 9.26 Å². The molecule has 1 saturated heterocycles. The van der Waals surface area contributed by atoms with Gasteiger partial charge >= 0.3 is 0 Å². The Labute approximate surface area is 138 Å². The molecule has 21 heavy (non-hydrogen) atoms. The maximum Gasteiger partial charge on any atom is 0.254 e. The second-order valence-corrected chi connectivity index (χ2v) is 13.7. The molecule has 0 radical (unpaired) electrons. The molecule has 1 aliphatic heterocycles. The Bertz CT molecular complexity index is 533. The number of hydrogen-bond acceptors (Lipinski definition) is 6. The van der Waals surface area contributed by atoms with Crippen molar-refractivity contribution in [1.29, 1.82) is 0 Å². The SMILES string of the molecule is COc1ccc([C@@H]2SSC(C)(C)[C@H]2OP(C)(=O)SC)cc1. The highest BCUT2D eigenvalue weighted by molar-refractivity contribution is 8.77. The molecule has 1 aromatic carbocycles. The van der Waals surface area contributed by atoms with Gasteiger partial charge in [0.1, 0.15) is 5.75 Å². The van der Waals surface area contributed by atoms with Crippen LogP contribution in [0.3, 0.4) is 0 Å². The molecule has 1 unspecified atom stereocenters. The maximum atomic E-state index is 12.4. The second kappa shape index (κ2) is 6.79. The first-order chi connectivity index (χ1) is 9.79. The lowest BCUT2D eigenvalue weighted by molar-refractivity contribution is 0.180. The standard InChI is InChI=1S/C14H21O3PS3/c1-14(2)13(17-18(4,15)19-5)12(20-21-14)10-6-8-11(16-3)9-7-10/h6-9,12-13H,1-5H3/t12-,13-,18?/m0/s1. The van der Waals surface area contributed by atoms with E-state index in [1.807, 2.05) is 18.4 Å². The summed E-state index contributed by atoms with van der Waals surface area (Å²) in [6, 6.07) is 8.05. The van der Waals surface area contributed by atoms with Crippen LogP contribution in [0.15, 0.2) is 24.3 Å². The van der Waals surface area contributed by atoms with Gasteiger partial charge in [0.15, 0.2) is 0 Å². The minimum atomic E-state index is -2.61. The fraction of sp³-hybridized carbons (Fsp3) is 0.571. The summed E-state index contributed by atoms with van der Waals surface area (Å²) in [5.74, 6) is 0.844. The zero-order valence-corrected chi connectivity index (χ0v) is 16.2. The first kappa shape index (κ1) is 17.6. The van der Waals surface area contributed by atoms with Crippen LogP contribution < -0.4 is 4.74 Å². The number of ether oxygens (including phenoxy) is 1.